The van der Waals surface area contributed by atoms with E-state index in [0.29, 0.717) is 6.04 Å². The van der Waals surface area contributed by atoms with E-state index < -0.39 is 0 Å². The maximum atomic E-state index is 5.47. The topological polar surface area (TPSA) is 24.5 Å². The van der Waals surface area contributed by atoms with Gasteiger partial charge in [-0.25, -0.2) is 0 Å². The first-order valence-corrected chi connectivity index (χ1v) is 6.50. The summed E-state index contributed by atoms with van der Waals surface area (Å²) in [5.41, 5.74) is 4.21. The number of fused-ring (bicyclic) bond motifs is 1. The standard InChI is InChI=1S/C14H20N2O/c1-11-10-17-7-6-16(11)9-12-2-3-13-4-5-15-14(13)8-12/h2-3,8,11,15H,4-7,9-10H2,1H3. The van der Waals surface area contributed by atoms with Crippen LogP contribution in [0.25, 0.3) is 0 Å². The molecule has 2 aliphatic heterocycles. The van der Waals surface area contributed by atoms with Gasteiger partial charge in [0.1, 0.15) is 0 Å². The fourth-order valence-electron chi connectivity index (χ4n) is 2.67. The van der Waals surface area contributed by atoms with Crippen LogP contribution in [0.2, 0.25) is 0 Å². The van der Waals surface area contributed by atoms with Crippen molar-refractivity contribution < 1.29 is 4.74 Å². The van der Waals surface area contributed by atoms with Gasteiger partial charge in [-0.2, -0.15) is 0 Å². The molecular weight excluding hydrogens is 212 g/mol. The lowest BCUT2D eigenvalue weighted by Gasteiger charge is -2.33. The van der Waals surface area contributed by atoms with E-state index >= 15 is 0 Å². The van der Waals surface area contributed by atoms with Crippen LogP contribution in [0.15, 0.2) is 18.2 Å². The van der Waals surface area contributed by atoms with Crippen LogP contribution in [0.3, 0.4) is 0 Å². The number of nitrogens with zero attached hydrogens (tertiary/aromatic N) is 1. The van der Waals surface area contributed by atoms with Crippen molar-refractivity contribution >= 4 is 5.69 Å². The van der Waals surface area contributed by atoms with E-state index in [1.165, 1.54) is 23.2 Å². The van der Waals surface area contributed by atoms with Crippen molar-refractivity contribution in [2.45, 2.75) is 25.9 Å². The Kier molecular flexibility index (Phi) is 3.04. The van der Waals surface area contributed by atoms with Crippen LogP contribution in [-0.4, -0.2) is 37.2 Å². The van der Waals surface area contributed by atoms with Crippen molar-refractivity contribution in [2.75, 3.05) is 31.6 Å². The first-order valence-electron chi connectivity index (χ1n) is 6.50. The zero-order valence-electron chi connectivity index (χ0n) is 10.4. The maximum Gasteiger partial charge on any atom is 0.0619 e. The van der Waals surface area contributed by atoms with Gasteiger partial charge in [0.25, 0.3) is 0 Å². The highest BCUT2D eigenvalue weighted by atomic mass is 16.5. The Balaban J connectivity index is 1.72. The first-order chi connectivity index (χ1) is 8.33. The number of hydrogen-bond acceptors (Lipinski definition) is 3. The molecule has 2 heterocycles. The monoisotopic (exact) mass is 232 g/mol. The van der Waals surface area contributed by atoms with Gasteiger partial charge in [-0.05, 0) is 30.5 Å². The van der Waals surface area contributed by atoms with Crippen molar-refractivity contribution in [2.24, 2.45) is 0 Å². The largest absolute Gasteiger partial charge is 0.384 e. The summed E-state index contributed by atoms with van der Waals surface area (Å²) >= 11 is 0. The molecule has 3 rings (SSSR count). The van der Waals surface area contributed by atoms with E-state index in [1.54, 1.807) is 0 Å². The molecule has 0 aliphatic carbocycles. The van der Waals surface area contributed by atoms with Crippen LogP contribution in [-0.2, 0) is 17.7 Å². The number of hydrogen-bond donors (Lipinski definition) is 1. The lowest BCUT2D eigenvalue weighted by Crippen LogP contribution is -2.42. The van der Waals surface area contributed by atoms with Crippen molar-refractivity contribution in [1.29, 1.82) is 0 Å². The third-order valence-corrected chi connectivity index (χ3v) is 3.77. The summed E-state index contributed by atoms with van der Waals surface area (Å²) in [5.74, 6) is 0. The van der Waals surface area contributed by atoms with E-state index in [2.05, 4.69) is 35.3 Å². The van der Waals surface area contributed by atoms with E-state index in [9.17, 15) is 0 Å². The summed E-state index contributed by atoms with van der Waals surface area (Å²) in [6, 6.07) is 7.39. The summed E-state index contributed by atoms with van der Waals surface area (Å²) < 4.78 is 5.47. The number of benzene rings is 1. The summed E-state index contributed by atoms with van der Waals surface area (Å²) in [5, 5.41) is 3.45. The third-order valence-electron chi connectivity index (χ3n) is 3.77. The minimum atomic E-state index is 0.532. The Bertz CT molecular complexity index is 405. The van der Waals surface area contributed by atoms with E-state index in [-0.39, 0.29) is 0 Å². The molecule has 1 aromatic rings. The minimum Gasteiger partial charge on any atom is -0.384 e. The molecule has 0 amide bonds. The highest BCUT2D eigenvalue weighted by Gasteiger charge is 2.19. The van der Waals surface area contributed by atoms with E-state index in [4.69, 9.17) is 4.74 Å². The quantitative estimate of drug-likeness (QED) is 0.842. The second-order valence-corrected chi connectivity index (χ2v) is 5.06. The minimum absolute atomic E-state index is 0.532. The zero-order valence-corrected chi connectivity index (χ0v) is 10.4. The molecule has 0 bridgehead atoms. The van der Waals surface area contributed by atoms with E-state index in [0.717, 1.165) is 32.8 Å². The molecule has 0 radical (unpaired) electrons. The van der Waals surface area contributed by atoms with Crippen molar-refractivity contribution in [3.63, 3.8) is 0 Å². The normalized spacial score (nSPS) is 24.4. The molecule has 1 unspecified atom stereocenters. The molecule has 1 saturated heterocycles. The van der Waals surface area contributed by atoms with E-state index in [1.807, 2.05) is 0 Å². The van der Waals surface area contributed by atoms with Crippen LogP contribution in [0.5, 0.6) is 0 Å². The van der Waals surface area contributed by atoms with Gasteiger partial charge in [0.15, 0.2) is 0 Å². The van der Waals surface area contributed by atoms with Gasteiger partial charge >= 0.3 is 0 Å². The Morgan fingerprint density at radius 2 is 2.41 bits per heavy atom. The SMILES string of the molecule is CC1COCCN1Cc1ccc2c(c1)NCC2. The zero-order chi connectivity index (χ0) is 11.7. The fraction of sp³-hybridized carbons (Fsp3) is 0.571. The molecule has 1 N–H and O–H groups in total. The van der Waals surface area contributed by atoms with Gasteiger partial charge in [0.2, 0.25) is 0 Å². The summed E-state index contributed by atoms with van der Waals surface area (Å²) in [4.78, 5) is 2.50. The van der Waals surface area contributed by atoms with Crippen molar-refractivity contribution in [1.82, 2.24) is 4.90 Å². The third kappa shape index (κ3) is 2.31. The van der Waals surface area contributed by atoms with Crippen LogP contribution >= 0.6 is 0 Å². The van der Waals surface area contributed by atoms with Gasteiger partial charge in [0.05, 0.1) is 13.2 Å². The Labute approximate surface area is 103 Å². The molecule has 1 fully saturated rings. The molecule has 1 aromatic carbocycles. The fourth-order valence-corrected chi connectivity index (χ4v) is 2.67. The molecule has 0 aromatic heterocycles. The Morgan fingerprint density at radius 1 is 1.47 bits per heavy atom. The predicted molar refractivity (Wildman–Crippen MR) is 69.3 cm³/mol. The summed E-state index contributed by atoms with van der Waals surface area (Å²) in [6.45, 7) is 7.15. The van der Waals surface area contributed by atoms with Gasteiger partial charge < -0.3 is 10.1 Å². The van der Waals surface area contributed by atoms with Gasteiger partial charge in [-0.3, -0.25) is 4.90 Å². The average Bonchev–Trinajstić information content (AvgIpc) is 2.79. The number of anilines is 1. The highest BCUT2D eigenvalue weighted by molar-refractivity contribution is 5.57. The maximum absolute atomic E-state index is 5.47. The Morgan fingerprint density at radius 3 is 3.29 bits per heavy atom. The van der Waals surface area contributed by atoms with Crippen LogP contribution in [0.1, 0.15) is 18.1 Å². The summed E-state index contributed by atoms with van der Waals surface area (Å²) in [6.07, 6.45) is 1.17. The predicted octanol–water partition coefficient (Wildman–Crippen LogP) is 1.88. The molecular formula is C14H20N2O. The molecule has 2 aliphatic rings. The van der Waals surface area contributed by atoms with Crippen molar-refractivity contribution in [3.05, 3.63) is 29.3 Å². The highest BCUT2D eigenvalue weighted by Crippen LogP contribution is 2.24. The second kappa shape index (κ2) is 4.67. The summed E-state index contributed by atoms with van der Waals surface area (Å²) in [7, 11) is 0. The van der Waals surface area contributed by atoms with Crippen LogP contribution < -0.4 is 5.32 Å². The van der Waals surface area contributed by atoms with Gasteiger partial charge in [-0.1, -0.05) is 12.1 Å². The second-order valence-electron chi connectivity index (χ2n) is 5.06. The van der Waals surface area contributed by atoms with Gasteiger partial charge in [0, 0.05) is 31.4 Å². The smallest absolute Gasteiger partial charge is 0.0619 e. The lowest BCUT2D eigenvalue weighted by molar-refractivity contribution is -0.00436. The van der Waals surface area contributed by atoms with Crippen LogP contribution in [0, 0.1) is 0 Å². The molecule has 1 atom stereocenters. The Hall–Kier alpha value is -1.06. The molecule has 3 heteroatoms. The molecule has 92 valence electrons. The van der Waals surface area contributed by atoms with Crippen molar-refractivity contribution in [3.8, 4) is 0 Å². The number of ether oxygens (including phenoxy) is 1. The lowest BCUT2D eigenvalue weighted by atomic mass is 10.1. The van der Waals surface area contributed by atoms with Gasteiger partial charge in [-0.15, -0.1) is 0 Å². The molecule has 0 saturated carbocycles. The molecule has 17 heavy (non-hydrogen) atoms. The number of rotatable bonds is 2. The molecule has 0 spiro atoms. The number of morpholine rings is 1. The number of nitrogens with one attached hydrogen (secondary N) is 1. The average molecular weight is 232 g/mol. The molecule has 3 nitrogen and oxygen atoms in total. The van der Waals surface area contributed by atoms with Crippen LogP contribution in [0.4, 0.5) is 5.69 Å². The first kappa shape index (κ1) is 11.1.